The predicted molar refractivity (Wildman–Crippen MR) is 58.7 cm³/mol. The Labute approximate surface area is 118 Å². The van der Waals surface area contributed by atoms with Gasteiger partial charge in [-0.3, -0.25) is 4.79 Å². The molecule has 0 aliphatic carbocycles. The van der Waals surface area contributed by atoms with E-state index in [4.69, 9.17) is 9.47 Å². The van der Waals surface area contributed by atoms with Crippen molar-refractivity contribution in [3.63, 3.8) is 0 Å². The molecule has 0 aliphatic rings. The molecule has 0 aromatic heterocycles. The van der Waals surface area contributed by atoms with Crippen LogP contribution in [0.4, 0.5) is 0 Å². The van der Waals surface area contributed by atoms with Gasteiger partial charge < -0.3 is 14.4 Å². The molecule has 0 radical (unpaired) electrons. The van der Waals surface area contributed by atoms with Gasteiger partial charge in [0.05, 0.1) is 19.8 Å². The quantitative estimate of drug-likeness (QED) is 0.349. The summed E-state index contributed by atoms with van der Waals surface area (Å²) in [4.78, 5) is 12.5. The van der Waals surface area contributed by atoms with E-state index in [0.29, 0.717) is 13.2 Å². The van der Waals surface area contributed by atoms with Crippen LogP contribution in [0.3, 0.4) is 0 Å². The van der Waals surface area contributed by atoms with E-state index in [2.05, 4.69) is 0 Å². The molecule has 0 N–H and O–H groups in total. The van der Waals surface area contributed by atoms with Gasteiger partial charge >= 0.3 is 29.6 Å². The number of amides is 1. The molecular formula is C9H19NNaO3S+. The number of ether oxygens (including phenoxy) is 2. The topological polar surface area (TPSA) is 38.8 Å². The second-order valence-corrected chi connectivity index (χ2v) is 3.93. The standard InChI is InChI=1S/C9H19NO3S.Na/c1-10(2)9(11)8-13-5-4-12-6-7-14-3;/h4-8H2,1-3H3;/q;+1. The summed E-state index contributed by atoms with van der Waals surface area (Å²) >= 11 is 1.75. The van der Waals surface area contributed by atoms with E-state index in [1.807, 2.05) is 6.26 Å². The van der Waals surface area contributed by atoms with E-state index in [1.54, 1.807) is 25.9 Å². The van der Waals surface area contributed by atoms with Gasteiger partial charge in [0.2, 0.25) is 5.91 Å². The van der Waals surface area contributed by atoms with Gasteiger partial charge in [0, 0.05) is 19.8 Å². The Balaban J connectivity index is 0. The van der Waals surface area contributed by atoms with E-state index in [9.17, 15) is 4.79 Å². The molecule has 4 nitrogen and oxygen atoms in total. The Morgan fingerprint density at radius 2 is 1.80 bits per heavy atom. The van der Waals surface area contributed by atoms with Gasteiger partial charge in [-0.1, -0.05) is 0 Å². The number of likely N-dealkylation sites (N-methyl/N-ethyl adjacent to an activating group) is 1. The van der Waals surface area contributed by atoms with E-state index < -0.39 is 0 Å². The monoisotopic (exact) mass is 244 g/mol. The Kier molecular flexibility index (Phi) is 15.5. The fraction of sp³-hybridized carbons (Fsp3) is 0.889. The Hall–Kier alpha value is 0.740. The summed E-state index contributed by atoms with van der Waals surface area (Å²) in [7, 11) is 3.42. The zero-order valence-corrected chi connectivity index (χ0v) is 12.9. The zero-order chi connectivity index (χ0) is 10.8. The smallest absolute Gasteiger partial charge is 0.378 e. The van der Waals surface area contributed by atoms with Crippen molar-refractivity contribution in [3.8, 4) is 0 Å². The molecule has 0 rings (SSSR count). The average molecular weight is 244 g/mol. The number of rotatable bonds is 8. The molecule has 0 spiro atoms. The maximum absolute atomic E-state index is 11.0. The molecule has 0 fully saturated rings. The van der Waals surface area contributed by atoms with Crippen molar-refractivity contribution < 1.29 is 43.8 Å². The zero-order valence-electron chi connectivity index (χ0n) is 10.1. The summed E-state index contributed by atoms with van der Waals surface area (Å²) < 4.78 is 10.4. The molecule has 1 amide bonds. The van der Waals surface area contributed by atoms with Crippen LogP contribution in [0.25, 0.3) is 0 Å². The van der Waals surface area contributed by atoms with Crippen molar-refractivity contribution in [3.05, 3.63) is 0 Å². The predicted octanol–water partition coefficient (Wildman–Crippen LogP) is -2.53. The van der Waals surface area contributed by atoms with Crippen molar-refractivity contribution in [2.45, 2.75) is 0 Å². The molecule has 84 valence electrons. The molecule has 0 aliphatic heterocycles. The minimum atomic E-state index is -0.0193. The largest absolute Gasteiger partial charge is 1.00 e. The van der Waals surface area contributed by atoms with Crippen LogP contribution in [0.15, 0.2) is 0 Å². The fourth-order valence-corrected chi connectivity index (χ4v) is 0.935. The van der Waals surface area contributed by atoms with Gasteiger partial charge in [-0.25, -0.2) is 0 Å². The first-order valence-corrected chi connectivity index (χ1v) is 5.92. The van der Waals surface area contributed by atoms with Gasteiger partial charge in [0.15, 0.2) is 0 Å². The van der Waals surface area contributed by atoms with Crippen LogP contribution >= 0.6 is 11.8 Å². The molecule has 0 unspecified atom stereocenters. The van der Waals surface area contributed by atoms with Crippen LogP contribution in [0.1, 0.15) is 0 Å². The third kappa shape index (κ3) is 12.7. The molecule has 0 saturated carbocycles. The molecule has 6 heteroatoms. The number of hydrogen-bond donors (Lipinski definition) is 0. The number of hydrogen-bond acceptors (Lipinski definition) is 4. The second kappa shape index (κ2) is 12.8. The Morgan fingerprint density at radius 1 is 1.20 bits per heavy atom. The Bertz CT molecular complexity index is 158. The summed E-state index contributed by atoms with van der Waals surface area (Å²) in [6.07, 6.45) is 2.04. The number of carbonyl (C=O) groups is 1. The minimum absolute atomic E-state index is 0. The van der Waals surface area contributed by atoms with Crippen LogP contribution in [-0.4, -0.2) is 63.3 Å². The second-order valence-electron chi connectivity index (χ2n) is 2.95. The molecule has 15 heavy (non-hydrogen) atoms. The first-order valence-electron chi connectivity index (χ1n) is 4.53. The van der Waals surface area contributed by atoms with Gasteiger partial charge in [-0.2, -0.15) is 11.8 Å². The molecule has 0 atom stereocenters. The van der Waals surface area contributed by atoms with E-state index in [-0.39, 0.29) is 42.1 Å². The van der Waals surface area contributed by atoms with Crippen LogP contribution in [0, 0.1) is 0 Å². The first kappa shape index (κ1) is 18.1. The van der Waals surface area contributed by atoms with Gasteiger partial charge in [-0.05, 0) is 6.26 Å². The van der Waals surface area contributed by atoms with E-state index in [1.165, 1.54) is 4.90 Å². The number of thioether (sulfide) groups is 1. The number of nitrogens with zero attached hydrogens (tertiary/aromatic N) is 1. The fourth-order valence-electron chi connectivity index (χ4n) is 0.651. The van der Waals surface area contributed by atoms with Crippen molar-refractivity contribution in [1.29, 1.82) is 0 Å². The van der Waals surface area contributed by atoms with Gasteiger partial charge in [-0.15, -0.1) is 0 Å². The molecule has 0 aromatic rings. The molecule has 0 heterocycles. The van der Waals surface area contributed by atoms with Crippen LogP contribution in [0.5, 0.6) is 0 Å². The number of carbonyl (C=O) groups excluding carboxylic acids is 1. The van der Waals surface area contributed by atoms with Crippen molar-refractivity contribution in [2.75, 3.05) is 52.5 Å². The normalized spacial score (nSPS) is 9.53. The summed E-state index contributed by atoms with van der Waals surface area (Å²) in [6.45, 7) is 1.92. The minimum Gasteiger partial charge on any atom is -0.378 e. The SMILES string of the molecule is CSCCOCCOCC(=O)N(C)C.[Na+]. The molecule has 0 saturated heterocycles. The third-order valence-corrected chi connectivity index (χ3v) is 2.10. The maximum atomic E-state index is 11.0. The summed E-state index contributed by atoms with van der Waals surface area (Å²) in [5.74, 6) is 0.977. The molecule has 0 bridgehead atoms. The van der Waals surface area contributed by atoms with E-state index in [0.717, 1.165) is 12.4 Å². The summed E-state index contributed by atoms with van der Waals surface area (Å²) in [5, 5.41) is 0. The van der Waals surface area contributed by atoms with Crippen LogP contribution in [-0.2, 0) is 14.3 Å². The third-order valence-electron chi connectivity index (χ3n) is 1.53. The van der Waals surface area contributed by atoms with E-state index >= 15 is 0 Å². The van der Waals surface area contributed by atoms with Crippen LogP contribution in [0.2, 0.25) is 0 Å². The summed E-state index contributed by atoms with van der Waals surface area (Å²) in [5.41, 5.74) is 0. The van der Waals surface area contributed by atoms with Crippen molar-refractivity contribution in [2.24, 2.45) is 0 Å². The average Bonchev–Trinajstić information content (AvgIpc) is 2.16. The van der Waals surface area contributed by atoms with Crippen molar-refractivity contribution >= 4 is 17.7 Å². The molecule has 0 aromatic carbocycles. The van der Waals surface area contributed by atoms with Crippen molar-refractivity contribution in [1.82, 2.24) is 4.90 Å². The maximum Gasteiger partial charge on any atom is 1.00 e. The van der Waals surface area contributed by atoms with Gasteiger partial charge in [0.25, 0.3) is 0 Å². The first-order chi connectivity index (χ1) is 6.68. The van der Waals surface area contributed by atoms with Crippen LogP contribution < -0.4 is 29.6 Å². The van der Waals surface area contributed by atoms with Gasteiger partial charge in [0.1, 0.15) is 6.61 Å². The summed E-state index contributed by atoms with van der Waals surface area (Å²) in [6, 6.07) is 0. The molecular weight excluding hydrogens is 225 g/mol. The Morgan fingerprint density at radius 3 is 2.33 bits per heavy atom.